The zero-order valence-electron chi connectivity index (χ0n) is 16.2. The summed E-state index contributed by atoms with van der Waals surface area (Å²) in [6.07, 6.45) is 6.64. The highest BCUT2D eigenvalue weighted by molar-refractivity contribution is 8.17. The summed E-state index contributed by atoms with van der Waals surface area (Å²) in [6.45, 7) is 11.8. The first-order valence-corrected chi connectivity index (χ1v) is 14.3. The molecule has 1 saturated heterocycles. The molecule has 3 nitrogen and oxygen atoms in total. The van der Waals surface area contributed by atoms with Gasteiger partial charge in [-0.1, -0.05) is 32.9 Å². The average Bonchev–Trinajstić information content (AvgIpc) is 2.91. The Morgan fingerprint density at radius 1 is 1.28 bits per heavy atom. The first kappa shape index (κ1) is 21.5. The van der Waals surface area contributed by atoms with Crippen molar-refractivity contribution in [2.24, 2.45) is 17.8 Å². The highest BCUT2D eigenvalue weighted by Crippen LogP contribution is 2.44. The van der Waals surface area contributed by atoms with Gasteiger partial charge in [0.25, 0.3) is 0 Å². The fraction of sp³-hybridized carbons (Fsp3) is 0.842. The summed E-state index contributed by atoms with van der Waals surface area (Å²) in [5, 5.41) is 11.1. The molecule has 6 heteroatoms. The lowest BCUT2D eigenvalue weighted by molar-refractivity contribution is -0.109. The Balaban J connectivity index is 1.98. The summed E-state index contributed by atoms with van der Waals surface area (Å²) in [5.41, 5.74) is 0. The highest BCUT2D eigenvalue weighted by Gasteiger charge is 2.42. The maximum Gasteiger partial charge on any atom is 0.192 e. The summed E-state index contributed by atoms with van der Waals surface area (Å²) < 4.78 is 6.75. The Bertz CT molecular complexity index is 470. The van der Waals surface area contributed by atoms with E-state index in [4.69, 9.17) is 4.43 Å². The van der Waals surface area contributed by atoms with Crippen LogP contribution < -0.4 is 0 Å². The topological polar surface area (TPSA) is 46.5 Å². The Labute approximate surface area is 162 Å². The molecule has 0 unspecified atom stereocenters. The Morgan fingerprint density at radius 2 is 1.92 bits per heavy atom. The molecule has 0 spiro atoms. The van der Waals surface area contributed by atoms with Crippen LogP contribution in [0.2, 0.25) is 18.1 Å². The molecule has 1 N–H and O–H groups in total. The number of aliphatic hydroxyl groups excluding tert-OH is 1. The lowest BCUT2D eigenvalue weighted by Gasteiger charge is -2.38. The molecule has 0 aromatic carbocycles. The van der Waals surface area contributed by atoms with Gasteiger partial charge in [-0.15, -0.1) is 23.5 Å². The lowest BCUT2D eigenvalue weighted by Crippen LogP contribution is -2.43. The monoisotopic (exact) mass is 402 g/mol. The van der Waals surface area contributed by atoms with E-state index >= 15 is 0 Å². The lowest BCUT2D eigenvalue weighted by atomic mass is 9.86. The van der Waals surface area contributed by atoms with Crippen LogP contribution >= 0.6 is 23.5 Å². The molecule has 144 valence electrons. The van der Waals surface area contributed by atoms with Crippen molar-refractivity contribution >= 4 is 38.1 Å². The fourth-order valence-corrected chi connectivity index (χ4v) is 7.52. The van der Waals surface area contributed by atoms with Gasteiger partial charge in [0.2, 0.25) is 0 Å². The fourth-order valence-electron chi connectivity index (χ4n) is 3.17. The van der Waals surface area contributed by atoms with Crippen molar-refractivity contribution < 1.29 is 14.3 Å². The van der Waals surface area contributed by atoms with E-state index in [1.54, 1.807) is 0 Å². The van der Waals surface area contributed by atoms with Crippen molar-refractivity contribution in [1.29, 1.82) is 0 Å². The zero-order chi connectivity index (χ0) is 18.7. The van der Waals surface area contributed by atoms with Crippen molar-refractivity contribution in [2.75, 3.05) is 18.1 Å². The Kier molecular flexibility index (Phi) is 7.72. The van der Waals surface area contributed by atoms with Gasteiger partial charge in [0, 0.05) is 24.9 Å². The van der Waals surface area contributed by atoms with Gasteiger partial charge in [-0.3, -0.25) is 0 Å². The quantitative estimate of drug-likeness (QED) is 0.384. The van der Waals surface area contributed by atoms with Crippen LogP contribution in [0.5, 0.6) is 0 Å². The molecule has 0 aromatic heterocycles. The normalized spacial score (nSPS) is 29.8. The minimum Gasteiger partial charge on any atom is -0.416 e. The molecule has 0 aromatic rings. The summed E-state index contributed by atoms with van der Waals surface area (Å²) in [5.74, 6) is 2.67. The van der Waals surface area contributed by atoms with Crippen LogP contribution in [-0.4, -0.2) is 48.5 Å². The van der Waals surface area contributed by atoms with Crippen LogP contribution in [0.4, 0.5) is 0 Å². The van der Waals surface area contributed by atoms with Gasteiger partial charge < -0.3 is 14.3 Å². The Morgan fingerprint density at radius 3 is 2.48 bits per heavy atom. The first-order chi connectivity index (χ1) is 11.7. The van der Waals surface area contributed by atoms with Gasteiger partial charge in [-0.05, 0) is 42.0 Å². The largest absolute Gasteiger partial charge is 0.416 e. The van der Waals surface area contributed by atoms with Crippen LogP contribution in [0.1, 0.15) is 33.6 Å². The number of carbonyl (C=O) groups excluding carboxylic acids is 1. The van der Waals surface area contributed by atoms with Crippen molar-refractivity contribution in [1.82, 2.24) is 0 Å². The second-order valence-corrected chi connectivity index (χ2v) is 16.3. The van der Waals surface area contributed by atoms with Crippen molar-refractivity contribution in [3.63, 3.8) is 0 Å². The van der Waals surface area contributed by atoms with E-state index in [0.717, 1.165) is 17.8 Å². The van der Waals surface area contributed by atoms with Crippen LogP contribution in [0, 0.1) is 17.8 Å². The molecule has 4 atom stereocenters. The summed E-state index contributed by atoms with van der Waals surface area (Å²) in [4.78, 5) is 11.2. The third-order valence-electron chi connectivity index (χ3n) is 5.92. The molecule has 2 aliphatic rings. The van der Waals surface area contributed by atoms with E-state index in [2.05, 4.69) is 46.0 Å². The maximum atomic E-state index is 11.2. The van der Waals surface area contributed by atoms with E-state index in [1.165, 1.54) is 6.42 Å². The van der Waals surface area contributed by atoms with Gasteiger partial charge in [-0.25, -0.2) is 0 Å². The molecule has 0 amide bonds. The van der Waals surface area contributed by atoms with Crippen molar-refractivity contribution in [2.45, 2.75) is 62.4 Å². The molecule has 0 radical (unpaired) electrons. The summed E-state index contributed by atoms with van der Waals surface area (Å²) in [7, 11) is -1.81. The molecule has 2 rings (SSSR count). The number of rotatable bonds is 7. The van der Waals surface area contributed by atoms with Crippen molar-refractivity contribution in [3.8, 4) is 0 Å². The molecule has 0 saturated carbocycles. The molecule has 0 bridgehead atoms. The summed E-state index contributed by atoms with van der Waals surface area (Å²) in [6, 6.07) is 0. The molecule has 1 heterocycles. The predicted molar refractivity (Wildman–Crippen MR) is 113 cm³/mol. The maximum absolute atomic E-state index is 11.2. The SMILES string of the molecule is CC(C)(C)[Si](C)(C)OC[C@H]1C=C[C@@H]([C@H](CC=O)C2SCCCS2)[C@@H]1O. The zero-order valence-corrected chi connectivity index (χ0v) is 18.9. The van der Waals surface area contributed by atoms with Gasteiger partial charge >= 0.3 is 0 Å². The molecule has 1 aliphatic heterocycles. The van der Waals surface area contributed by atoms with Crippen LogP contribution in [0.25, 0.3) is 0 Å². The van der Waals surface area contributed by atoms with Gasteiger partial charge in [0.1, 0.15) is 6.29 Å². The van der Waals surface area contributed by atoms with E-state index in [0.29, 0.717) is 17.6 Å². The molecule has 25 heavy (non-hydrogen) atoms. The van der Waals surface area contributed by atoms with Crippen molar-refractivity contribution in [3.05, 3.63) is 12.2 Å². The van der Waals surface area contributed by atoms with E-state index in [9.17, 15) is 9.90 Å². The number of carbonyl (C=O) groups is 1. The number of aliphatic hydroxyl groups is 1. The van der Waals surface area contributed by atoms with Gasteiger partial charge in [-0.2, -0.15) is 0 Å². The smallest absolute Gasteiger partial charge is 0.192 e. The third kappa shape index (κ3) is 5.38. The summed E-state index contributed by atoms with van der Waals surface area (Å²) >= 11 is 3.91. The van der Waals surface area contributed by atoms with Crippen LogP contribution in [0.15, 0.2) is 12.2 Å². The number of thioether (sulfide) groups is 2. The minimum absolute atomic E-state index is 0.0480. The third-order valence-corrected chi connectivity index (χ3v) is 13.6. The molecule has 1 fully saturated rings. The van der Waals surface area contributed by atoms with E-state index in [-0.39, 0.29) is 22.8 Å². The van der Waals surface area contributed by atoms with Gasteiger partial charge in [0.15, 0.2) is 8.32 Å². The molecular formula is C19H34O3S2Si. The highest BCUT2D eigenvalue weighted by atomic mass is 32.2. The number of hydrogen-bond donors (Lipinski definition) is 1. The standard InChI is InChI=1S/C19H34O3S2Si/c1-19(2,3)25(4,5)22-13-14-7-8-15(17(14)21)16(9-10-20)18-23-11-6-12-24-18/h7-8,10,14-18,21H,6,9,11-13H2,1-5H3/t14-,15+,16+,17-/m1/s1. The van der Waals surface area contributed by atoms with Crippen LogP contribution in [-0.2, 0) is 9.22 Å². The second kappa shape index (κ2) is 8.96. The molecule has 1 aliphatic carbocycles. The predicted octanol–water partition coefficient (Wildman–Crippen LogP) is 4.57. The second-order valence-electron chi connectivity index (χ2n) is 8.72. The van der Waals surface area contributed by atoms with Gasteiger partial charge in [0.05, 0.1) is 10.7 Å². The van der Waals surface area contributed by atoms with Crippen LogP contribution in [0.3, 0.4) is 0 Å². The average molecular weight is 403 g/mol. The Hall–Kier alpha value is 0.247. The first-order valence-electron chi connectivity index (χ1n) is 9.34. The van der Waals surface area contributed by atoms with E-state index in [1.807, 2.05) is 23.5 Å². The molecular weight excluding hydrogens is 368 g/mol. The minimum atomic E-state index is -1.81. The number of hydrogen-bond acceptors (Lipinski definition) is 5. The van der Waals surface area contributed by atoms with E-state index < -0.39 is 14.4 Å². The number of aldehydes is 1.